The Morgan fingerprint density at radius 2 is 2.04 bits per heavy atom. The maximum absolute atomic E-state index is 12.5. The lowest BCUT2D eigenvalue weighted by atomic mass is 10.0. The molecule has 1 aromatic carbocycles. The second-order valence-electron chi connectivity index (χ2n) is 6.15. The topological polar surface area (TPSA) is 101 Å². The van der Waals surface area contributed by atoms with E-state index < -0.39 is 11.2 Å². The van der Waals surface area contributed by atoms with Crippen molar-refractivity contribution in [3.8, 4) is 0 Å². The van der Waals surface area contributed by atoms with Gasteiger partial charge in [-0.05, 0) is 31.4 Å². The Labute approximate surface area is 139 Å². The molecular weight excluding hydrogens is 308 g/mol. The van der Waals surface area contributed by atoms with Crippen molar-refractivity contribution < 1.29 is 4.79 Å². The number of rotatable bonds is 4. The van der Waals surface area contributed by atoms with Crippen LogP contribution in [0, 0.1) is 0 Å². The molecule has 1 unspecified atom stereocenters. The number of hydrogen-bond donors (Lipinski definition) is 2. The zero-order valence-electron chi connectivity index (χ0n) is 13.5. The molecule has 1 saturated heterocycles. The van der Waals surface area contributed by atoms with Crippen LogP contribution < -0.4 is 17.0 Å². The van der Waals surface area contributed by atoms with Gasteiger partial charge in [-0.2, -0.15) is 0 Å². The van der Waals surface area contributed by atoms with Gasteiger partial charge < -0.3 is 10.6 Å². The van der Waals surface area contributed by atoms with E-state index in [1.54, 1.807) is 24.3 Å². The number of nitrogens with two attached hydrogens (primary N) is 1. The minimum atomic E-state index is -0.486. The van der Waals surface area contributed by atoms with Crippen LogP contribution in [0.4, 0.5) is 0 Å². The van der Waals surface area contributed by atoms with E-state index in [-0.39, 0.29) is 24.9 Å². The minimum Gasteiger partial charge on any atom is -0.338 e. The lowest BCUT2D eigenvalue weighted by Gasteiger charge is -2.35. The van der Waals surface area contributed by atoms with Crippen LogP contribution in [0.25, 0.3) is 10.9 Å². The van der Waals surface area contributed by atoms with Gasteiger partial charge >= 0.3 is 5.69 Å². The first-order valence-electron chi connectivity index (χ1n) is 8.33. The van der Waals surface area contributed by atoms with E-state index in [4.69, 9.17) is 5.73 Å². The summed E-state index contributed by atoms with van der Waals surface area (Å²) in [6.45, 7) is 1.43. The van der Waals surface area contributed by atoms with Gasteiger partial charge in [-0.15, -0.1) is 0 Å². The van der Waals surface area contributed by atoms with E-state index in [2.05, 4.69) is 4.98 Å². The first kappa shape index (κ1) is 16.4. The molecule has 0 bridgehead atoms. The highest BCUT2D eigenvalue weighted by molar-refractivity contribution is 5.79. The zero-order valence-corrected chi connectivity index (χ0v) is 13.5. The number of fused-ring (bicyclic) bond motifs is 1. The Morgan fingerprint density at radius 3 is 2.83 bits per heavy atom. The van der Waals surface area contributed by atoms with Crippen LogP contribution in [0.3, 0.4) is 0 Å². The molecule has 1 aliphatic rings. The Morgan fingerprint density at radius 1 is 1.25 bits per heavy atom. The van der Waals surface area contributed by atoms with Gasteiger partial charge in [0.2, 0.25) is 5.91 Å². The van der Waals surface area contributed by atoms with E-state index >= 15 is 0 Å². The van der Waals surface area contributed by atoms with Crippen LogP contribution in [0.1, 0.15) is 25.7 Å². The molecule has 0 radical (unpaired) electrons. The Bertz CT molecular complexity index is 855. The molecule has 2 heterocycles. The fourth-order valence-electron chi connectivity index (χ4n) is 3.39. The second-order valence-corrected chi connectivity index (χ2v) is 6.15. The normalized spacial score (nSPS) is 18.0. The van der Waals surface area contributed by atoms with Crippen LogP contribution in [-0.4, -0.2) is 39.5 Å². The van der Waals surface area contributed by atoms with Gasteiger partial charge in [-0.25, -0.2) is 4.79 Å². The van der Waals surface area contributed by atoms with E-state index in [9.17, 15) is 14.4 Å². The maximum atomic E-state index is 12.5. The van der Waals surface area contributed by atoms with Crippen LogP contribution in [0.5, 0.6) is 0 Å². The molecule has 24 heavy (non-hydrogen) atoms. The van der Waals surface area contributed by atoms with E-state index in [0.29, 0.717) is 17.4 Å². The highest BCUT2D eigenvalue weighted by Gasteiger charge is 2.25. The first-order valence-corrected chi connectivity index (χ1v) is 8.33. The molecule has 1 aliphatic heterocycles. The van der Waals surface area contributed by atoms with Crippen molar-refractivity contribution >= 4 is 16.8 Å². The molecule has 1 atom stereocenters. The van der Waals surface area contributed by atoms with E-state index in [1.165, 1.54) is 4.57 Å². The molecule has 1 aromatic heterocycles. The number of carbonyl (C=O) groups excluding carboxylic acids is 1. The zero-order chi connectivity index (χ0) is 17.1. The van der Waals surface area contributed by atoms with Crippen molar-refractivity contribution in [2.45, 2.75) is 38.3 Å². The van der Waals surface area contributed by atoms with Crippen molar-refractivity contribution in [3.63, 3.8) is 0 Å². The molecule has 1 fully saturated rings. The van der Waals surface area contributed by atoms with Gasteiger partial charge in [-0.3, -0.25) is 19.1 Å². The average Bonchev–Trinajstić information content (AvgIpc) is 2.61. The number of para-hydroxylation sites is 1. The number of aryl methyl sites for hydroxylation is 1. The fourth-order valence-corrected chi connectivity index (χ4v) is 3.39. The molecule has 3 N–H and O–H groups in total. The highest BCUT2D eigenvalue weighted by atomic mass is 16.2. The Kier molecular flexibility index (Phi) is 4.80. The summed E-state index contributed by atoms with van der Waals surface area (Å²) in [7, 11) is 0. The third-order valence-corrected chi connectivity index (χ3v) is 4.67. The number of amides is 1. The monoisotopic (exact) mass is 330 g/mol. The average molecular weight is 330 g/mol. The van der Waals surface area contributed by atoms with Crippen molar-refractivity contribution in [2.24, 2.45) is 5.73 Å². The van der Waals surface area contributed by atoms with Crippen LogP contribution >= 0.6 is 0 Å². The number of piperidine rings is 1. The van der Waals surface area contributed by atoms with Crippen molar-refractivity contribution in [3.05, 3.63) is 45.1 Å². The Balaban J connectivity index is 1.82. The van der Waals surface area contributed by atoms with Gasteiger partial charge in [0.25, 0.3) is 5.56 Å². The quantitative estimate of drug-likeness (QED) is 0.848. The predicted molar refractivity (Wildman–Crippen MR) is 91.9 cm³/mol. The number of aromatic nitrogens is 2. The molecule has 0 aliphatic carbocycles. The molecule has 3 rings (SSSR count). The number of nitrogens with zero attached hydrogens (tertiary/aromatic N) is 2. The van der Waals surface area contributed by atoms with Crippen molar-refractivity contribution in [2.75, 3.05) is 13.1 Å². The van der Waals surface area contributed by atoms with E-state index in [0.717, 1.165) is 25.8 Å². The number of H-pyrrole nitrogens is 1. The lowest BCUT2D eigenvalue weighted by molar-refractivity contribution is -0.134. The molecule has 128 valence electrons. The summed E-state index contributed by atoms with van der Waals surface area (Å²) in [4.78, 5) is 40.7. The second kappa shape index (κ2) is 7.00. The van der Waals surface area contributed by atoms with Crippen molar-refractivity contribution in [1.29, 1.82) is 0 Å². The maximum Gasteiger partial charge on any atom is 0.328 e. The standard InChI is InChI=1S/C17H22N4O3/c18-11-12-5-3-4-9-20(12)15(22)8-10-21-14-7-2-1-6-13(14)16(23)19-17(21)24/h1-2,6-7,12H,3-5,8-11,18H2,(H,19,23,24). The molecule has 7 nitrogen and oxygen atoms in total. The largest absolute Gasteiger partial charge is 0.338 e. The summed E-state index contributed by atoms with van der Waals surface area (Å²) in [5, 5.41) is 0.447. The lowest BCUT2D eigenvalue weighted by Crippen LogP contribution is -2.47. The van der Waals surface area contributed by atoms with E-state index in [1.807, 2.05) is 4.90 Å². The number of hydrogen-bond acceptors (Lipinski definition) is 4. The highest BCUT2D eigenvalue weighted by Crippen LogP contribution is 2.17. The molecule has 1 amide bonds. The summed E-state index contributed by atoms with van der Waals surface area (Å²) >= 11 is 0. The van der Waals surface area contributed by atoms with Gasteiger partial charge in [0.15, 0.2) is 0 Å². The SMILES string of the molecule is NCC1CCCCN1C(=O)CCn1c(=O)[nH]c(=O)c2ccccc21. The number of benzene rings is 1. The van der Waals surface area contributed by atoms with Crippen LogP contribution in [0.15, 0.2) is 33.9 Å². The predicted octanol–water partition coefficient (Wildman–Crippen LogP) is 0.420. The Hall–Kier alpha value is -2.41. The third kappa shape index (κ3) is 3.12. The van der Waals surface area contributed by atoms with Gasteiger partial charge in [0.05, 0.1) is 10.9 Å². The first-order chi connectivity index (χ1) is 11.6. The molecule has 0 spiro atoms. The van der Waals surface area contributed by atoms with Crippen LogP contribution in [0.2, 0.25) is 0 Å². The number of aromatic amines is 1. The molecule has 7 heteroatoms. The van der Waals surface area contributed by atoms with Gasteiger partial charge in [0.1, 0.15) is 0 Å². The summed E-state index contributed by atoms with van der Waals surface area (Å²) in [5.41, 5.74) is 5.42. The summed E-state index contributed by atoms with van der Waals surface area (Å²) in [6, 6.07) is 7.00. The minimum absolute atomic E-state index is 0.00679. The van der Waals surface area contributed by atoms with Gasteiger partial charge in [0, 0.05) is 32.1 Å². The van der Waals surface area contributed by atoms with Crippen molar-refractivity contribution in [1.82, 2.24) is 14.5 Å². The number of nitrogens with one attached hydrogen (secondary N) is 1. The molecule has 0 saturated carbocycles. The smallest absolute Gasteiger partial charge is 0.328 e. The number of likely N-dealkylation sites (tertiary alicyclic amines) is 1. The summed E-state index contributed by atoms with van der Waals surface area (Å²) in [6.07, 6.45) is 3.23. The molecule has 2 aromatic rings. The fraction of sp³-hybridized carbons (Fsp3) is 0.471. The summed E-state index contributed by atoms with van der Waals surface area (Å²) < 4.78 is 1.45. The third-order valence-electron chi connectivity index (χ3n) is 4.67. The summed E-state index contributed by atoms with van der Waals surface area (Å²) in [5.74, 6) is 0.00679. The molecular formula is C17H22N4O3. The van der Waals surface area contributed by atoms with Crippen LogP contribution in [-0.2, 0) is 11.3 Å². The number of carbonyl (C=O) groups is 1. The van der Waals surface area contributed by atoms with Gasteiger partial charge in [-0.1, -0.05) is 12.1 Å².